The third-order valence-electron chi connectivity index (χ3n) is 1.83. The van der Waals surface area contributed by atoms with Crippen LogP contribution in [-0.2, 0) is 12.8 Å². The number of methoxy groups -OCH3 is 1. The summed E-state index contributed by atoms with van der Waals surface area (Å²) in [5, 5.41) is 17.1. The van der Waals surface area contributed by atoms with Crippen LogP contribution in [0.2, 0.25) is 0 Å². The summed E-state index contributed by atoms with van der Waals surface area (Å²) in [4.78, 5) is 0. The van der Waals surface area contributed by atoms with Gasteiger partial charge in [0.2, 0.25) is 0 Å². The van der Waals surface area contributed by atoms with Crippen molar-refractivity contribution >= 4 is 0 Å². The van der Waals surface area contributed by atoms with E-state index in [1.54, 1.807) is 7.11 Å². The molecule has 0 amide bonds. The van der Waals surface area contributed by atoms with Crippen LogP contribution in [0.5, 0.6) is 5.75 Å². The van der Waals surface area contributed by atoms with E-state index in [0.717, 1.165) is 11.1 Å². The third kappa shape index (κ3) is 2.50. The van der Waals surface area contributed by atoms with Crippen LogP contribution in [0.3, 0.4) is 0 Å². The van der Waals surface area contributed by atoms with Gasteiger partial charge in [-0.1, -0.05) is 6.07 Å². The molecule has 0 fully saturated rings. The summed E-state index contributed by atoms with van der Waals surface area (Å²) in [7, 11) is 1.57. The van der Waals surface area contributed by atoms with E-state index in [1.165, 1.54) is 0 Å². The van der Waals surface area contributed by atoms with Crippen molar-refractivity contribution in [2.75, 3.05) is 7.11 Å². The molecule has 0 aliphatic carbocycles. The number of hydrogen-bond donors (Lipinski definition) is 0. The first-order valence-corrected chi connectivity index (χ1v) is 4.21. The van der Waals surface area contributed by atoms with Gasteiger partial charge in [-0.15, -0.1) is 0 Å². The Morgan fingerprint density at radius 3 is 1.93 bits per heavy atom. The van der Waals surface area contributed by atoms with E-state index in [1.807, 2.05) is 18.2 Å². The quantitative estimate of drug-likeness (QED) is 0.723. The Morgan fingerprint density at radius 2 is 1.57 bits per heavy atom. The van der Waals surface area contributed by atoms with Crippen molar-refractivity contribution in [3.05, 3.63) is 29.3 Å². The van der Waals surface area contributed by atoms with Crippen molar-refractivity contribution in [2.24, 2.45) is 0 Å². The van der Waals surface area contributed by atoms with Crippen molar-refractivity contribution < 1.29 is 4.74 Å². The molecular formula is C11H10N2O. The van der Waals surface area contributed by atoms with E-state index in [0.29, 0.717) is 18.6 Å². The fourth-order valence-corrected chi connectivity index (χ4v) is 1.23. The summed E-state index contributed by atoms with van der Waals surface area (Å²) in [5.74, 6) is 0.697. The first kappa shape index (κ1) is 10.1. The Kier molecular flexibility index (Phi) is 3.52. The fraction of sp³-hybridized carbons (Fsp3) is 0.273. The van der Waals surface area contributed by atoms with E-state index < -0.39 is 0 Å². The highest BCUT2D eigenvalue weighted by molar-refractivity contribution is 5.36. The lowest BCUT2D eigenvalue weighted by molar-refractivity contribution is 0.414. The number of hydrogen-bond acceptors (Lipinski definition) is 3. The van der Waals surface area contributed by atoms with Crippen molar-refractivity contribution in [2.45, 2.75) is 12.8 Å². The summed E-state index contributed by atoms with van der Waals surface area (Å²) in [6, 6.07) is 9.61. The van der Waals surface area contributed by atoms with Crippen molar-refractivity contribution in [3.63, 3.8) is 0 Å². The van der Waals surface area contributed by atoms with Crippen LogP contribution in [-0.4, -0.2) is 7.11 Å². The lowest BCUT2D eigenvalue weighted by Crippen LogP contribution is -1.91. The van der Waals surface area contributed by atoms with Crippen LogP contribution in [0.15, 0.2) is 18.2 Å². The van der Waals surface area contributed by atoms with E-state index in [-0.39, 0.29) is 0 Å². The maximum atomic E-state index is 8.55. The summed E-state index contributed by atoms with van der Waals surface area (Å²) in [6.45, 7) is 0. The molecule has 14 heavy (non-hydrogen) atoms. The summed E-state index contributed by atoms with van der Waals surface area (Å²) in [6.07, 6.45) is 0.686. The molecule has 0 bridgehead atoms. The highest BCUT2D eigenvalue weighted by Gasteiger charge is 2.00. The third-order valence-corrected chi connectivity index (χ3v) is 1.83. The van der Waals surface area contributed by atoms with E-state index >= 15 is 0 Å². The predicted molar refractivity (Wildman–Crippen MR) is 51.6 cm³/mol. The molecule has 1 aromatic rings. The van der Waals surface area contributed by atoms with Gasteiger partial charge in [0.15, 0.2) is 0 Å². The molecule has 1 aromatic carbocycles. The van der Waals surface area contributed by atoms with Crippen LogP contribution in [0.1, 0.15) is 11.1 Å². The van der Waals surface area contributed by atoms with E-state index in [9.17, 15) is 0 Å². The zero-order valence-electron chi connectivity index (χ0n) is 7.95. The molecule has 3 nitrogen and oxygen atoms in total. The SMILES string of the molecule is COc1cc(CC#N)cc(CC#N)c1. The van der Waals surface area contributed by atoms with Crippen LogP contribution in [0, 0.1) is 22.7 Å². The van der Waals surface area contributed by atoms with Gasteiger partial charge >= 0.3 is 0 Å². The van der Waals surface area contributed by atoms with Crippen LogP contribution >= 0.6 is 0 Å². The second kappa shape index (κ2) is 4.89. The maximum absolute atomic E-state index is 8.55. The second-order valence-electron chi connectivity index (χ2n) is 2.86. The van der Waals surface area contributed by atoms with Gasteiger partial charge in [0.25, 0.3) is 0 Å². The van der Waals surface area contributed by atoms with Gasteiger partial charge in [-0.05, 0) is 23.3 Å². The van der Waals surface area contributed by atoms with Gasteiger partial charge < -0.3 is 4.74 Å². The minimum absolute atomic E-state index is 0.343. The molecule has 0 N–H and O–H groups in total. The van der Waals surface area contributed by atoms with E-state index in [2.05, 4.69) is 12.1 Å². The highest BCUT2D eigenvalue weighted by atomic mass is 16.5. The minimum atomic E-state index is 0.343. The number of rotatable bonds is 3. The monoisotopic (exact) mass is 186 g/mol. The standard InChI is InChI=1S/C11H10N2O/c1-14-11-7-9(2-4-12)6-10(8-11)3-5-13/h6-8H,2-3H2,1H3. The largest absolute Gasteiger partial charge is 0.497 e. The van der Waals surface area contributed by atoms with Crippen molar-refractivity contribution in [1.82, 2.24) is 0 Å². The summed E-state index contributed by atoms with van der Waals surface area (Å²) < 4.78 is 5.07. The van der Waals surface area contributed by atoms with Gasteiger partial charge in [-0.2, -0.15) is 10.5 Å². The predicted octanol–water partition coefficient (Wildman–Crippen LogP) is 1.83. The van der Waals surface area contributed by atoms with E-state index in [4.69, 9.17) is 15.3 Å². The molecule has 0 saturated heterocycles. The number of ether oxygens (including phenoxy) is 1. The van der Waals surface area contributed by atoms with Crippen LogP contribution in [0.4, 0.5) is 0 Å². The first-order chi connectivity index (χ1) is 6.80. The van der Waals surface area contributed by atoms with Gasteiger partial charge in [0.05, 0.1) is 32.1 Å². The molecule has 3 heteroatoms. The lowest BCUT2D eigenvalue weighted by Gasteiger charge is -2.04. The Morgan fingerprint density at radius 1 is 1.07 bits per heavy atom. The van der Waals surface area contributed by atoms with Crippen LogP contribution < -0.4 is 4.74 Å². The topological polar surface area (TPSA) is 56.8 Å². The van der Waals surface area contributed by atoms with Gasteiger partial charge in [0, 0.05) is 0 Å². The molecule has 0 heterocycles. The normalized spacial score (nSPS) is 8.79. The number of benzene rings is 1. The number of nitrogens with zero attached hydrogens (tertiary/aromatic N) is 2. The molecule has 0 saturated carbocycles. The lowest BCUT2D eigenvalue weighted by atomic mass is 10.1. The molecule has 0 aromatic heterocycles. The van der Waals surface area contributed by atoms with Crippen molar-refractivity contribution in [1.29, 1.82) is 10.5 Å². The highest BCUT2D eigenvalue weighted by Crippen LogP contribution is 2.17. The maximum Gasteiger partial charge on any atom is 0.119 e. The Labute approximate surface area is 83.2 Å². The molecule has 70 valence electrons. The number of nitriles is 2. The minimum Gasteiger partial charge on any atom is -0.497 e. The zero-order chi connectivity index (χ0) is 10.4. The van der Waals surface area contributed by atoms with Gasteiger partial charge in [0.1, 0.15) is 5.75 Å². The Bertz CT molecular complexity index is 364. The average molecular weight is 186 g/mol. The summed E-state index contributed by atoms with van der Waals surface area (Å²) >= 11 is 0. The molecular weight excluding hydrogens is 176 g/mol. The molecule has 0 spiro atoms. The zero-order valence-corrected chi connectivity index (χ0v) is 7.95. The fourth-order valence-electron chi connectivity index (χ4n) is 1.23. The molecule has 1 rings (SSSR count). The first-order valence-electron chi connectivity index (χ1n) is 4.21. The second-order valence-corrected chi connectivity index (χ2v) is 2.86. The molecule has 0 aliphatic heterocycles. The molecule has 0 unspecified atom stereocenters. The van der Waals surface area contributed by atoms with Crippen molar-refractivity contribution in [3.8, 4) is 17.9 Å². The molecule has 0 atom stereocenters. The molecule has 0 aliphatic rings. The molecule has 0 radical (unpaired) electrons. The average Bonchev–Trinajstić information content (AvgIpc) is 2.18. The Balaban J connectivity index is 3.03. The summed E-state index contributed by atoms with van der Waals surface area (Å²) in [5.41, 5.74) is 1.77. The van der Waals surface area contributed by atoms with Gasteiger partial charge in [-0.25, -0.2) is 0 Å². The smallest absolute Gasteiger partial charge is 0.119 e. The van der Waals surface area contributed by atoms with Gasteiger partial charge in [-0.3, -0.25) is 0 Å². The Hall–Kier alpha value is -2.00. The van der Waals surface area contributed by atoms with Crippen LogP contribution in [0.25, 0.3) is 0 Å².